The van der Waals surface area contributed by atoms with Crippen molar-refractivity contribution in [3.8, 4) is 5.75 Å². The van der Waals surface area contributed by atoms with E-state index in [1.807, 2.05) is 12.1 Å². The number of nitrogens with zero attached hydrogens (tertiary/aromatic N) is 1. The second kappa shape index (κ2) is 12.5. The first-order valence-corrected chi connectivity index (χ1v) is 13.8. The summed E-state index contributed by atoms with van der Waals surface area (Å²) in [5.74, 6) is -0.160. The van der Waals surface area contributed by atoms with Gasteiger partial charge in [0.15, 0.2) is 0 Å². The molecule has 41 heavy (non-hydrogen) atoms. The fourth-order valence-electron chi connectivity index (χ4n) is 6.52. The Bertz CT molecular complexity index is 1240. The first-order chi connectivity index (χ1) is 18.8. The van der Waals surface area contributed by atoms with E-state index in [2.05, 4.69) is 6.07 Å². The Morgan fingerprint density at radius 2 is 1.66 bits per heavy atom. The van der Waals surface area contributed by atoms with Crippen molar-refractivity contribution in [2.45, 2.75) is 63.8 Å². The summed E-state index contributed by atoms with van der Waals surface area (Å²) in [6.07, 6.45) is -5.28. The molecule has 1 unspecified atom stereocenters. The Kier molecular flexibility index (Phi) is 9.78. The van der Waals surface area contributed by atoms with Crippen LogP contribution in [0, 0.1) is 23.7 Å². The third kappa shape index (κ3) is 7.43. The van der Waals surface area contributed by atoms with Crippen molar-refractivity contribution in [2.75, 3.05) is 19.7 Å². The largest absolute Gasteiger partial charge is 1.00 e. The number of likely N-dealkylation sites (tertiary alicyclic amines) is 1. The molecule has 2 aromatic carbocycles. The number of carbonyl (C=O) groups is 1. The molecular weight excluding hydrogens is 559 g/mol. The fourth-order valence-corrected chi connectivity index (χ4v) is 6.52. The van der Waals surface area contributed by atoms with Gasteiger partial charge >= 0.3 is 41.9 Å². The summed E-state index contributed by atoms with van der Waals surface area (Å²) in [6.45, 7) is 2.98. The molecule has 0 spiro atoms. The summed E-state index contributed by atoms with van der Waals surface area (Å²) < 4.78 is 86.2. The second-order valence-electron chi connectivity index (χ2n) is 11.6. The van der Waals surface area contributed by atoms with E-state index in [1.54, 1.807) is 11.8 Å². The van der Waals surface area contributed by atoms with Gasteiger partial charge in [0.05, 0.1) is 17.7 Å². The van der Waals surface area contributed by atoms with Crippen molar-refractivity contribution < 1.29 is 70.5 Å². The molecule has 4 nitrogen and oxygen atoms in total. The standard InChI is InChI=1S/C30H33F6NO3.Na/c1-17(28(38)39)27(19-2-3-19)20-4-7-26-21(12-20)13-23(16-40-26)18-8-10-37(11-9-18)15-22-14-24(29(31,32)33)5-6-25(22)30(34,35)36;/h4-7,12,14,17-19,23,27H,2-3,8-11,13,15-16H2,1H3,(H,38,39);/q;+1/p-1/t17-,23?,27-;/m0./s1. The van der Waals surface area contributed by atoms with Gasteiger partial charge in [-0.2, -0.15) is 26.3 Å². The summed E-state index contributed by atoms with van der Waals surface area (Å²) >= 11 is 0. The van der Waals surface area contributed by atoms with Crippen LogP contribution in [0.1, 0.15) is 66.3 Å². The van der Waals surface area contributed by atoms with Crippen LogP contribution in [0.5, 0.6) is 5.75 Å². The predicted octanol–water partition coefficient (Wildman–Crippen LogP) is 3.07. The summed E-state index contributed by atoms with van der Waals surface area (Å²) in [6, 6.07) is 7.55. The Balaban J connectivity index is 0.00000387. The van der Waals surface area contributed by atoms with Crippen molar-refractivity contribution in [1.82, 2.24) is 4.90 Å². The van der Waals surface area contributed by atoms with Crippen LogP contribution in [-0.4, -0.2) is 30.6 Å². The van der Waals surface area contributed by atoms with E-state index in [0.29, 0.717) is 56.7 Å². The normalized spacial score (nSPS) is 21.8. The van der Waals surface area contributed by atoms with E-state index in [9.17, 15) is 36.2 Å². The minimum atomic E-state index is -4.74. The van der Waals surface area contributed by atoms with E-state index in [1.165, 1.54) is 0 Å². The van der Waals surface area contributed by atoms with E-state index >= 15 is 0 Å². The maximum Gasteiger partial charge on any atom is 1.00 e. The SMILES string of the molecule is C[C@H](C(=O)[O-])[C@H](c1ccc2c(c1)CC(C1CCN(Cc3cc(C(F)(F)F)ccc3C(F)(F)F)CC1)CO2)C1CC1.[Na+]. The molecule has 0 bridgehead atoms. The van der Waals surface area contributed by atoms with Crippen LogP contribution in [0.2, 0.25) is 0 Å². The molecule has 0 N–H and O–H groups in total. The van der Waals surface area contributed by atoms with Crippen LogP contribution >= 0.6 is 0 Å². The molecule has 2 aliphatic heterocycles. The molecule has 3 aliphatic rings. The smallest absolute Gasteiger partial charge is 0.550 e. The maximum atomic E-state index is 13.5. The number of carbonyl (C=O) groups excluding carboxylic acids is 1. The summed E-state index contributed by atoms with van der Waals surface area (Å²) in [5.41, 5.74) is -0.460. The van der Waals surface area contributed by atoms with E-state index in [4.69, 9.17) is 4.74 Å². The Morgan fingerprint density at radius 3 is 2.24 bits per heavy atom. The number of hydrogen-bond donors (Lipinski definition) is 0. The maximum absolute atomic E-state index is 13.5. The zero-order chi connectivity index (χ0) is 28.8. The third-order valence-electron chi connectivity index (χ3n) is 8.88. The average Bonchev–Trinajstić information content (AvgIpc) is 3.73. The number of ether oxygens (including phenoxy) is 1. The molecule has 1 saturated carbocycles. The number of aliphatic carboxylic acids is 1. The molecule has 2 fully saturated rings. The number of rotatable bonds is 7. The van der Waals surface area contributed by atoms with Crippen molar-refractivity contribution in [3.05, 3.63) is 64.2 Å². The summed E-state index contributed by atoms with van der Waals surface area (Å²) in [7, 11) is 0. The molecule has 218 valence electrons. The Hall–Kier alpha value is -1.75. The zero-order valence-corrected chi connectivity index (χ0v) is 25.2. The van der Waals surface area contributed by atoms with Crippen LogP contribution in [0.15, 0.2) is 36.4 Å². The van der Waals surface area contributed by atoms with E-state index in [-0.39, 0.29) is 59.4 Å². The number of alkyl halides is 6. The van der Waals surface area contributed by atoms with Crippen molar-refractivity contribution >= 4 is 5.97 Å². The van der Waals surface area contributed by atoms with Crippen molar-refractivity contribution in [3.63, 3.8) is 0 Å². The minimum absolute atomic E-state index is 0. The van der Waals surface area contributed by atoms with Gasteiger partial charge in [0.2, 0.25) is 0 Å². The number of benzene rings is 2. The molecule has 0 radical (unpaired) electrons. The zero-order valence-electron chi connectivity index (χ0n) is 23.2. The molecular formula is C30H32F6NNaO3. The third-order valence-corrected chi connectivity index (χ3v) is 8.88. The molecule has 0 amide bonds. The Morgan fingerprint density at radius 1 is 0.976 bits per heavy atom. The molecule has 1 aliphatic carbocycles. The van der Waals surface area contributed by atoms with Crippen LogP contribution in [0.3, 0.4) is 0 Å². The molecule has 11 heteroatoms. The van der Waals surface area contributed by atoms with Gasteiger partial charge in [-0.3, -0.25) is 4.90 Å². The molecule has 3 atom stereocenters. The van der Waals surface area contributed by atoms with Gasteiger partial charge in [-0.05, 0) is 104 Å². The van der Waals surface area contributed by atoms with Crippen molar-refractivity contribution in [2.24, 2.45) is 23.7 Å². The number of hydrogen-bond acceptors (Lipinski definition) is 4. The van der Waals surface area contributed by atoms with Gasteiger partial charge in [-0.15, -0.1) is 0 Å². The molecule has 0 aromatic heterocycles. The first kappa shape index (κ1) is 32.2. The number of carboxylic acid groups (broad SMARTS) is 1. The Labute approximate surface area is 257 Å². The van der Waals surface area contributed by atoms with Gasteiger partial charge in [-0.25, -0.2) is 0 Å². The van der Waals surface area contributed by atoms with Gasteiger partial charge in [0.1, 0.15) is 5.75 Å². The second-order valence-corrected chi connectivity index (χ2v) is 11.6. The van der Waals surface area contributed by atoms with Gasteiger partial charge < -0.3 is 14.6 Å². The fraction of sp³-hybridized carbons (Fsp3) is 0.567. The van der Waals surface area contributed by atoms with Gasteiger partial charge in [-0.1, -0.05) is 19.1 Å². The molecule has 1 saturated heterocycles. The molecule has 2 aromatic rings. The van der Waals surface area contributed by atoms with E-state index in [0.717, 1.165) is 36.1 Å². The van der Waals surface area contributed by atoms with E-state index < -0.39 is 35.4 Å². The molecule has 2 heterocycles. The van der Waals surface area contributed by atoms with Gasteiger partial charge in [0.25, 0.3) is 0 Å². The van der Waals surface area contributed by atoms with Crippen LogP contribution in [0.4, 0.5) is 26.3 Å². The van der Waals surface area contributed by atoms with Crippen molar-refractivity contribution in [1.29, 1.82) is 0 Å². The number of piperidine rings is 1. The summed E-state index contributed by atoms with van der Waals surface area (Å²) in [4.78, 5) is 13.4. The number of carboxylic acids is 1. The number of halogens is 6. The quantitative estimate of drug-likeness (QED) is 0.367. The molecule has 5 rings (SSSR count). The summed E-state index contributed by atoms with van der Waals surface area (Å²) in [5, 5.41) is 11.6. The van der Waals surface area contributed by atoms with Gasteiger partial charge in [0, 0.05) is 24.3 Å². The monoisotopic (exact) mass is 591 g/mol. The minimum Gasteiger partial charge on any atom is -0.550 e. The average molecular weight is 592 g/mol. The topological polar surface area (TPSA) is 52.6 Å². The predicted molar refractivity (Wildman–Crippen MR) is 133 cm³/mol. The number of fused-ring (bicyclic) bond motifs is 1. The van der Waals surface area contributed by atoms with Crippen LogP contribution in [0.25, 0.3) is 0 Å². The first-order valence-electron chi connectivity index (χ1n) is 13.8. The van der Waals surface area contributed by atoms with Crippen LogP contribution in [-0.2, 0) is 30.1 Å². The van der Waals surface area contributed by atoms with Crippen LogP contribution < -0.4 is 39.4 Å².